The number of rotatable bonds is 3. The van der Waals surface area contributed by atoms with Crippen molar-refractivity contribution in [3.8, 4) is 0 Å². The second kappa shape index (κ2) is 6.19. The Morgan fingerprint density at radius 2 is 1.87 bits per heavy atom. The fourth-order valence-electron chi connectivity index (χ4n) is 2.89. The van der Waals surface area contributed by atoms with E-state index in [9.17, 15) is 0 Å². The Hall–Kier alpha value is -2.10. The second-order valence-electron chi connectivity index (χ2n) is 5.48. The standard InChI is InChI=1S/C19H15ClN2S/c20-15-8-4-9-16(12-15)22-18(14-6-2-1-3-7-14)13-17(21-22)19-10-5-11-23-19/h1-12,18H,13H2/t18-/m1/s1. The molecule has 4 rings (SSSR count). The molecule has 0 fully saturated rings. The van der Waals surface area contributed by atoms with E-state index in [4.69, 9.17) is 16.7 Å². The van der Waals surface area contributed by atoms with Gasteiger partial charge >= 0.3 is 0 Å². The van der Waals surface area contributed by atoms with E-state index in [0.29, 0.717) is 0 Å². The van der Waals surface area contributed by atoms with Crippen molar-refractivity contribution in [1.29, 1.82) is 0 Å². The molecule has 114 valence electrons. The Morgan fingerprint density at radius 1 is 1.00 bits per heavy atom. The maximum Gasteiger partial charge on any atom is 0.0832 e. The molecule has 1 atom stereocenters. The third kappa shape index (κ3) is 2.90. The van der Waals surface area contributed by atoms with E-state index in [1.165, 1.54) is 10.4 Å². The number of thiophene rings is 1. The summed E-state index contributed by atoms with van der Waals surface area (Å²) < 4.78 is 0. The topological polar surface area (TPSA) is 15.6 Å². The number of hydrogen-bond donors (Lipinski definition) is 0. The van der Waals surface area contributed by atoms with Gasteiger partial charge in [-0.1, -0.05) is 54.1 Å². The van der Waals surface area contributed by atoms with E-state index in [1.807, 2.05) is 24.3 Å². The van der Waals surface area contributed by atoms with Crippen LogP contribution in [-0.2, 0) is 0 Å². The van der Waals surface area contributed by atoms with Crippen LogP contribution in [0.25, 0.3) is 0 Å². The highest BCUT2D eigenvalue weighted by Crippen LogP contribution is 2.37. The molecule has 1 aromatic heterocycles. The predicted molar refractivity (Wildman–Crippen MR) is 98.6 cm³/mol. The predicted octanol–water partition coefficient (Wildman–Crippen LogP) is 5.76. The zero-order valence-corrected chi connectivity index (χ0v) is 14.0. The minimum Gasteiger partial charge on any atom is -0.257 e. The quantitative estimate of drug-likeness (QED) is 0.593. The molecule has 4 heteroatoms. The van der Waals surface area contributed by atoms with Gasteiger partial charge in [0, 0.05) is 11.4 Å². The van der Waals surface area contributed by atoms with Crippen molar-refractivity contribution in [2.24, 2.45) is 5.10 Å². The summed E-state index contributed by atoms with van der Waals surface area (Å²) in [5.41, 5.74) is 3.43. The molecule has 3 aromatic rings. The van der Waals surface area contributed by atoms with Crippen molar-refractivity contribution >= 4 is 34.3 Å². The van der Waals surface area contributed by atoms with Crippen LogP contribution >= 0.6 is 22.9 Å². The Morgan fingerprint density at radius 3 is 2.61 bits per heavy atom. The Labute approximate surface area is 144 Å². The van der Waals surface area contributed by atoms with Gasteiger partial charge in [0.05, 0.1) is 22.3 Å². The van der Waals surface area contributed by atoms with Gasteiger partial charge in [-0.3, -0.25) is 5.01 Å². The lowest BCUT2D eigenvalue weighted by molar-refractivity contribution is 0.709. The van der Waals surface area contributed by atoms with Crippen LogP contribution in [0.4, 0.5) is 5.69 Å². The molecule has 0 N–H and O–H groups in total. The average molecular weight is 339 g/mol. The largest absolute Gasteiger partial charge is 0.257 e. The van der Waals surface area contributed by atoms with Crippen LogP contribution in [-0.4, -0.2) is 5.71 Å². The number of nitrogens with zero attached hydrogens (tertiary/aromatic N) is 2. The first-order chi connectivity index (χ1) is 11.3. The van der Waals surface area contributed by atoms with Crippen molar-refractivity contribution in [2.75, 3.05) is 5.01 Å². The highest BCUT2D eigenvalue weighted by atomic mass is 35.5. The van der Waals surface area contributed by atoms with Crippen molar-refractivity contribution in [3.63, 3.8) is 0 Å². The summed E-state index contributed by atoms with van der Waals surface area (Å²) in [7, 11) is 0. The lowest BCUT2D eigenvalue weighted by atomic mass is 10.0. The summed E-state index contributed by atoms with van der Waals surface area (Å²) in [6.45, 7) is 0. The van der Waals surface area contributed by atoms with Crippen LogP contribution in [0.2, 0.25) is 5.02 Å². The summed E-state index contributed by atoms with van der Waals surface area (Å²) in [4.78, 5) is 1.23. The maximum atomic E-state index is 6.18. The highest BCUT2D eigenvalue weighted by Gasteiger charge is 2.30. The van der Waals surface area contributed by atoms with E-state index < -0.39 is 0 Å². The smallest absolute Gasteiger partial charge is 0.0832 e. The fraction of sp³-hybridized carbons (Fsp3) is 0.105. The molecule has 0 aliphatic carbocycles. The van der Waals surface area contributed by atoms with E-state index in [2.05, 4.69) is 52.9 Å². The van der Waals surface area contributed by atoms with Crippen LogP contribution in [0, 0.1) is 0 Å². The molecule has 0 radical (unpaired) electrons. The van der Waals surface area contributed by atoms with Crippen LogP contribution < -0.4 is 5.01 Å². The third-order valence-electron chi connectivity index (χ3n) is 3.97. The molecular formula is C19H15ClN2S. The molecule has 0 saturated carbocycles. The van der Waals surface area contributed by atoms with Crippen LogP contribution in [0.1, 0.15) is 22.9 Å². The van der Waals surface area contributed by atoms with Gasteiger partial charge in [-0.25, -0.2) is 0 Å². The molecule has 0 unspecified atom stereocenters. The van der Waals surface area contributed by atoms with Gasteiger partial charge in [0.15, 0.2) is 0 Å². The summed E-state index contributed by atoms with van der Waals surface area (Å²) in [6, 6.07) is 22.8. The van der Waals surface area contributed by atoms with Crippen LogP contribution in [0.3, 0.4) is 0 Å². The van der Waals surface area contributed by atoms with E-state index in [1.54, 1.807) is 11.3 Å². The van der Waals surface area contributed by atoms with Crippen LogP contribution in [0.15, 0.2) is 77.2 Å². The molecule has 23 heavy (non-hydrogen) atoms. The number of halogens is 1. The first-order valence-electron chi connectivity index (χ1n) is 7.52. The maximum absolute atomic E-state index is 6.18. The summed E-state index contributed by atoms with van der Waals surface area (Å²) in [5.74, 6) is 0. The Kier molecular flexibility index (Phi) is 3.90. The number of benzene rings is 2. The zero-order chi connectivity index (χ0) is 15.6. The number of anilines is 1. The highest BCUT2D eigenvalue weighted by molar-refractivity contribution is 7.12. The van der Waals surface area contributed by atoms with E-state index in [0.717, 1.165) is 22.8 Å². The molecule has 2 heterocycles. The van der Waals surface area contributed by atoms with Gasteiger partial charge in [0.1, 0.15) is 0 Å². The van der Waals surface area contributed by atoms with Crippen LogP contribution in [0.5, 0.6) is 0 Å². The molecule has 2 nitrogen and oxygen atoms in total. The van der Waals surface area contributed by atoms with Crippen molar-refractivity contribution < 1.29 is 0 Å². The Balaban J connectivity index is 1.77. The minimum absolute atomic E-state index is 0.201. The average Bonchev–Trinajstić information content (AvgIpc) is 3.25. The summed E-state index contributed by atoms with van der Waals surface area (Å²) >= 11 is 7.91. The monoisotopic (exact) mass is 338 g/mol. The minimum atomic E-state index is 0.201. The van der Waals surface area contributed by atoms with Gasteiger partial charge in [-0.05, 0) is 35.2 Å². The second-order valence-corrected chi connectivity index (χ2v) is 6.86. The molecule has 1 aliphatic heterocycles. The van der Waals surface area contributed by atoms with Gasteiger partial charge in [0.2, 0.25) is 0 Å². The van der Waals surface area contributed by atoms with Gasteiger partial charge in [0.25, 0.3) is 0 Å². The SMILES string of the molecule is Clc1cccc(N2N=C(c3cccs3)C[C@@H]2c2ccccc2)c1. The summed E-state index contributed by atoms with van der Waals surface area (Å²) in [6.07, 6.45) is 0.900. The Bertz CT molecular complexity index is 828. The van der Waals surface area contributed by atoms with Crippen molar-refractivity contribution in [1.82, 2.24) is 0 Å². The number of hydrazone groups is 1. The third-order valence-corrected chi connectivity index (χ3v) is 5.13. The normalized spacial score (nSPS) is 17.3. The van der Waals surface area contributed by atoms with E-state index >= 15 is 0 Å². The summed E-state index contributed by atoms with van der Waals surface area (Å²) in [5, 5.41) is 9.82. The van der Waals surface area contributed by atoms with Gasteiger partial charge in [-0.2, -0.15) is 5.10 Å². The molecule has 0 amide bonds. The fourth-order valence-corrected chi connectivity index (χ4v) is 3.80. The van der Waals surface area contributed by atoms with Crippen molar-refractivity contribution in [3.05, 3.63) is 87.6 Å². The molecule has 1 aliphatic rings. The van der Waals surface area contributed by atoms with E-state index in [-0.39, 0.29) is 6.04 Å². The number of hydrogen-bond acceptors (Lipinski definition) is 3. The molecule has 0 bridgehead atoms. The van der Waals surface area contributed by atoms with Crippen molar-refractivity contribution in [2.45, 2.75) is 12.5 Å². The lowest BCUT2D eigenvalue weighted by Gasteiger charge is -2.24. The molecule has 0 spiro atoms. The first-order valence-corrected chi connectivity index (χ1v) is 8.78. The van der Waals surface area contributed by atoms with Gasteiger partial charge in [-0.15, -0.1) is 11.3 Å². The van der Waals surface area contributed by atoms with Gasteiger partial charge < -0.3 is 0 Å². The lowest BCUT2D eigenvalue weighted by Crippen LogP contribution is -2.18. The zero-order valence-electron chi connectivity index (χ0n) is 12.4. The first kappa shape index (κ1) is 14.5. The molecule has 2 aromatic carbocycles. The molecular weight excluding hydrogens is 324 g/mol. The molecule has 0 saturated heterocycles.